The van der Waals surface area contributed by atoms with Crippen molar-refractivity contribution in [1.29, 1.82) is 5.26 Å². The smallest absolute Gasteiger partial charge is 0.336 e. The molecule has 0 fully saturated rings. The zero-order valence-electron chi connectivity index (χ0n) is 15.7. The van der Waals surface area contributed by atoms with Crippen molar-refractivity contribution in [2.24, 2.45) is 0 Å². The molecule has 1 atom stereocenters. The minimum Gasteiger partial charge on any atom is -0.346 e. The first-order valence-corrected chi connectivity index (χ1v) is 10.3. The van der Waals surface area contributed by atoms with E-state index in [2.05, 4.69) is 15.6 Å². The molecule has 2 heterocycles. The van der Waals surface area contributed by atoms with E-state index >= 15 is 0 Å². The van der Waals surface area contributed by atoms with Crippen LogP contribution in [0.5, 0.6) is 0 Å². The Bertz CT molecular complexity index is 1210. The van der Waals surface area contributed by atoms with Gasteiger partial charge in [0, 0.05) is 11.2 Å². The van der Waals surface area contributed by atoms with Gasteiger partial charge in [-0.05, 0) is 37.6 Å². The van der Waals surface area contributed by atoms with Gasteiger partial charge in [-0.2, -0.15) is 5.26 Å². The van der Waals surface area contributed by atoms with Crippen LogP contribution in [0, 0.1) is 24.1 Å². The Morgan fingerprint density at radius 1 is 1.43 bits per heavy atom. The quantitative estimate of drug-likeness (QED) is 0.733. The second kappa shape index (κ2) is 7.89. The highest BCUT2D eigenvalue weighted by Gasteiger charge is 2.39. The van der Waals surface area contributed by atoms with Crippen molar-refractivity contribution in [2.75, 3.05) is 11.9 Å². The van der Waals surface area contributed by atoms with Crippen LogP contribution >= 0.6 is 11.6 Å². The number of nitrogens with zero attached hydrogens (tertiary/aromatic N) is 3. The predicted molar refractivity (Wildman–Crippen MR) is 105 cm³/mol. The predicted octanol–water partition coefficient (Wildman–Crippen LogP) is 2.47. The molecule has 12 heteroatoms. The number of pyridine rings is 1. The first-order chi connectivity index (χ1) is 14.0. The van der Waals surface area contributed by atoms with Crippen molar-refractivity contribution in [3.05, 3.63) is 52.1 Å². The summed E-state index contributed by atoms with van der Waals surface area (Å²) in [6, 6.07) is 3.45. The number of fused-ring (bicyclic) bond motifs is 1. The number of hydrogen-bond donors (Lipinski definition) is 2. The highest BCUT2D eigenvalue weighted by molar-refractivity contribution is 7.90. The molecule has 0 radical (unpaired) electrons. The van der Waals surface area contributed by atoms with Crippen molar-refractivity contribution >= 4 is 39.2 Å². The van der Waals surface area contributed by atoms with E-state index in [1.165, 1.54) is 19.1 Å². The molecule has 9 nitrogen and oxygen atoms in total. The molecule has 3 rings (SSSR count). The van der Waals surface area contributed by atoms with Crippen molar-refractivity contribution in [1.82, 2.24) is 14.6 Å². The van der Waals surface area contributed by atoms with Crippen LogP contribution < -0.4 is 10.6 Å². The molecule has 1 aliphatic heterocycles. The molecule has 1 aliphatic rings. The van der Waals surface area contributed by atoms with E-state index in [0.29, 0.717) is 9.87 Å². The standard InChI is InChI=1S/C18H15ClFN5O4S/c1-9-3-12(19)5-14-16(9)24-18(27)25(30(14,28)29)8-15(26)23-10(2)17-13(20)4-11(6-21)7-22-17/h3-5,7,10H,8H2,1-2H3,(H,23,26)(H,24,27)/t10-/m0/s1. The fourth-order valence-corrected chi connectivity index (χ4v) is 4.82. The summed E-state index contributed by atoms with van der Waals surface area (Å²) in [5.41, 5.74) is 0.423. The number of amides is 3. The van der Waals surface area contributed by atoms with Crippen molar-refractivity contribution < 1.29 is 22.4 Å². The molecule has 0 saturated heterocycles. The Labute approximate surface area is 176 Å². The number of nitriles is 1. The van der Waals surface area contributed by atoms with Gasteiger partial charge in [-0.1, -0.05) is 11.6 Å². The number of benzene rings is 1. The van der Waals surface area contributed by atoms with Gasteiger partial charge < -0.3 is 10.6 Å². The van der Waals surface area contributed by atoms with Crippen molar-refractivity contribution in [2.45, 2.75) is 24.8 Å². The van der Waals surface area contributed by atoms with Gasteiger partial charge >= 0.3 is 6.03 Å². The van der Waals surface area contributed by atoms with Crippen LogP contribution in [0.2, 0.25) is 5.02 Å². The lowest BCUT2D eigenvalue weighted by atomic mass is 10.1. The maximum atomic E-state index is 14.1. The molecular formula is C18H15ClFN5O4S. The summed E-state index contributed by atoms with van der Waals surface area (Å²) in [6.07, 6.45) is 1.15. The number of aryl methyl sites for hydroxylation is 1. The third kappa shape index (κ3) is 3.92. The normalized spacial score (nSPS) is 15.6. The zero-order valence-corrected chi connectivity index (χ0v) is 17.3. The summed E-state index contributed by atoms with van der Waals surface area (Å²) in [5, 5.41) is 13.8. The Morgan fingerprint density at radius 2 is 2.13 bits per heavy atom. The molecule has 3 amide bonds. The number of urea groups is 1. The Kier molecular flexibility index (Phi) is 5.65. The van der Waals surface area contributed by atoms with Gasteiger partial charge in [-0.3, -0.25) is 9.78 Å². The number of aromatic nitrogens is 1. The molecule has 156 valence electrons. The molecule has 0 spiro atoms. The summed E-state index contributed by atoms with van der Waals surface area (Å²) >= 11 is 5.93. The number of carbonyl (C=O) groups excluding carboxylic acids is 2. The number of hydrogen-bond acceptors (Lipinski definition) is 6. The Balaban J connectivity index is 1.81. The molecule has 2 aromatic rings. The molecule has 2 N–H and O–H groups in total. The highest BCUT2D eigenvalue weighted by atomic mass is 35.5. The summed E-state index contributed by atoms with van der Waals surface area (Å²) in [7, 11) is -4.34. The summed E-state index contributed by atoms with van der Waals surface area (Å²) < 4.78 is 40.2. The van der Waals surface area contributed by atoms with Gasteiger partial charge in [-0.15, -0.1) is 0 Å². The molecule has 0 aliphatic carbocycles. The van der Waals surface area contributed by atoms with E-state index < -0.39 is 40.4 Å². The second-order valence-electron chi connectivity index (χ2n) is 6.53. The van der Waals surface area contributed by atoms with Gasteiger partial charge in [0.2, 0.25) is 5.91 Å². The molecule has 0 saturated carbocycles. The largest absolute Gasteiger partial charge is 0.346 e. The highest BCUT2D eigenvalue weighted by Crippen LogP contribution is 2.35. The average molecular weight is 452 g/mol. The number of halogens is 2. The molecule has 0 unspecified atom stereocenters. The third-order valence-electron chi connectivity index (χ3n) is 4.36. The third-order valence-corrected chi connectivity index (χ3v) is 6.34. The van der Waals surface area contributed by atoms with E-state index in [1.807, 2.05) is 0 Å². The SMILES string of the molecule is Cc1cc(Cl)cc2c1NC(=O)N(CC(=O)N[C@@H](C)c1ncc(C#N)cc1F)S2(=O)=O. The number of sulfonamides is 1. The molecule has 1 aromatic carbocycles. The minimum atomic E-state index is -4.34. The monoisotopic (exact) mass is 451 g/mol. The van der Waals surface area contributed by atoms with E-state index in [1.54, 1.807) is 13.0 Å². The first kappa shape index (κ1) is 21.5. The summed E-state index contributed by atoms with van der Waals surface area (Å²) in [6.45, 7) is 2.18. The van der Waals surface area contributed by atoms with Gasteiger partial charge in [0.1, 0.15) is 23.3 Å². The van der Waals surface area contributed by atoms with Crippen LogP contribution in [-0.4, -0.2) is 36.2 Å². The number of nitrogens with one attached hydrogen (secondary N) is 2. The lowest BCUT2D eigenvalue weighted by Crippen LogP contribution is -2.49. The van der Waals surface area contributed by atoms with Crippen LogP contribution in [0.4, 0.5) is 14.9 Å². The Hall–Kier alpha value is -3.23. The minimum absolute atomic E-state index is 0.0125. The van der Waals surface area contributed by atoms with Gasteiger partial charge in [0.15, 0.2) is 0 Å². The molecule has 0 bridgehead atoms. The van der Waals surface area contributed by atoms with E-state index in [0.717, 1.165) is 12.3 Å². The number of carbonyl (C=O) groups is 2. The fraction of sp³-hybridized carbons (Fsp3) is 0.222. The molecule has 30 heavy (non-hydrogen) atoms. The second-order valence-corrected chi connectivity index (χ2v) is 8.80. The summed E-state index contributed by atoms with van der Waals surface area (Å²) in [5.74, 6) is -1.65. The van der Waals surface area contributed by atoms with Crippen LogP contribution in [-0.2, 0) is 14.8 Å². The van der Waals surface area contributed by atoms with Crippen LogP contribution in [0.15, 0.2) is 29.3 Å². The summed E-state index contributed by atoms with van der Waals surface area (Å²) in [4.78, 5) is 28.3. The first-order valence-electron chi connectivity index (χ1n) is 8.53. The zero-order chi connectivity index (χ0) is 22.2. The lowest BCUT2D eigenvalue weighted by Gasteiger charge is -2.29. The van der Waals surface area contributed by atoms with Gasteiger partial charge in [0.25, 0.3) is 10.0 Å². The lowest BCUT2D eigenvalue weighted by molar-refractivity contribution is -0.121. The fourth-order valence-electron chi connectivity index (χ4n) is 2.94. The maximum absolute atomic E-state index is 14.1. The number of anilines is 1. The van der Waals surface area contributed by atoms with E-state index in [9.17, 15) is 22.4 Å². The van der Waals surface area contributed by atoms with E-state index in [-0.39, 0.29) is 26.9 Å². The van der Waals surface area contributed by atoms with E-state index in [4.69, 9.17) is 16.9 Å². The van der Waals surface area contributed by atoms with Crippen LogP contribution in [0.3, 0.4) is 0 Å². The van der Waals surface area contributed by atoms with Gasteiger partial charge in [-0.25, -0.2) is 21.9 Å². The van der Waals surface area contributed by atoms with Crippen LogP contribution in [0.25, 0.3) is 0 Å². The number of rotatable bonds is 4. The average Bonchev–Trinajstić information content (AvgIpc) is 2.66. The van der Waals surface area contributed by atoms with Crippen molar-refractivity contribution in [3.8, 4) is 6.07 Å². The maximum Gasteiger partial charge on any atom is 0.336 e. The Morgan fingerprint density at radius 3 is 2.77 bits per heavy atom. The van der Waals surface area contributed by atoms with Gasteiger partial charge in [0.05, 0.1) is 23.0 Å². The molecular weight excluding hydrogens is 437 g/mol. The van der Waals surface area contributed by atoms with Crippen molar-refractivity contribution in [3.63, 3.8) is 0 Å². The van der Waals surface area contributed by atoms with Crippen LogP contribution in [0.1, 0.15) is 29.8 Å². The topological polar surface area (TPSA) is 132 Å². The molecule has 1 aromatic heterocycles.